The Bertz CT molecular complexity index is 718. The first-order valence-electron chi connectivity index (χ1n) is 9.74. The van der Waals surface area contributed by atoms with Gasteiger partial charge in [0.25, 0.3) is 0 Å². The van der Waals surface area contributed by atoms with E-state index in [2.05, 4.69) is 17.4 Å². The van der Waals surface area contributed by atoms with Crippen molar-refractivity contribution in [2.45, 2.75) is 44.6 Å². The van der Waals surface area contributed by atoms with E-state index in [1.165, 1.54) is 25.7 Å². The minimum absolute atomic E-state index is 0.0572. The summed E-state index contributed by atoms with van der Waals surface area (Å²) in [6.07, 6.45) is 6.25. The molecule has 1 saturated carbocycles. The molecule has 1 amide bonds. The predicted molar refractivity (Wildman–Crippen MR) is 107 cm³/mol. The first-order valence-corrected chi connectivity index (χ1v) is 9.74. The lowest BCUT2D eigenvalue weighted by Gasteiger charge is -2.21. The van der Waals surface area contributed by atoms with Crippen molar-refractivity contribution in [3.63, 3.8) is 0 Å². The molecule has 0 aromatic heterocycles. The van der Waals surface area contributed by atoms with Gasteiger partial charge in [0.1, 0.15) is 11.5 Å². The smallest absolute Gasteiger partial charge is 0.220 e. The van der Waals surface area contributed by atoms with Gasteiger partial charge in [-0.05, 0) is 60.6 Å². The largest absolute Gasteiger partial charge is 0.497 e. The zero-order valence-corrected chi connectivity index (χ0v) is 16.2. The fraction of sp³-hybridized carbons (Fsp3) is 0.435. The topological polar surface area (TPSA) is 47.6 Å². The number of hydrogen-bond acceptors (Lipinski definition) is 3. The molecule has 1 aliphatic rings. The number of benzene rings is 2. The van der Waals surface area contributed by atoms with Gasteiger partial charge in [-0.25, -0.2) is 0 Å². The SMILES string of the molecule is COc1ccc(C[C@@H](NC(=O)CC2CCCC2)c2ccc(OC)cc2)cc1. The number of carbonyl (C=O) groups is 1. The van der Waals surface area contributed by atoms with Crippen molar-refractivity contribution in [1.29, 1.82) is 0 Å². The Morgan fingerprint density at radius 3 is 2.07 bits per heavy atom. The van der Waals surface area contributed by atoms with Crippen LogP contribution in [0.1, 0.15) is 49.3 Å². The fourth-order valence-electron chi connectivity index (χ4n) is 3.82. The maximum absolute atomic E-state index is 12.6. The van der Waals surface area contributed by atoms with Gasteiger partial charge >= 0.3 is 0 Å². The third-order valence-electron chi connectivity index (χ3n) is 5.40. The quantitative estimate of drug-likeness (QED) is 0.737. The lowest BCUT2D eigenvalue weighted by molar-refractivity contribution is -0.122. The van der Waals surface area contributed by atoms with E-state index in [4.69, 9.17) is 9.47 Å². The van der Waals surface area contributed by atoms with Crippen LogP contribution in [0.5, 0.6) is 11.5 Å². The third kappa shape index (κ3) is 5.49. The van der Waals surface area contributed by atoms with Crippen molar-refractivity contribution >= 4 is 5.91 Å². The van der Waals surface area contributed by atoms with Crippen LogP contribution < -0.4 is 14.8 Å². The molecule has 2 aromatic rings. The van der Waals surface area contributed by atoms with Gasteiger partial charge < -0.3 is 14.8 Å². The lowest BCUT2D eigenvalue weighted by Crippen LogP contribution is -2.31. The minimum Gasteiger partial charge on any atom is -0.497 e. The molecule has 0 saturated heterocycles. The van der Waals surface area contributed by atoms with Crippen LogP contribution in [0, 0.1) is 5.92 Å². The molecular formula is C23H29NO3. The van der Waals surface area contributed by atoms with Crippen LogP contribution in [0.4, 0.5) is 0 Å². The molecule has 0 bridgehead atoms. The molecule has 2 aromatic carbocycles. The fourth-order valence-corrected chi connectivity index (χ4v) is 3.82. The summed E-state index contributed by atoms with van der Waals surface area (Å²) in [5, 5.41) is 3.26. The molecule has 4 heteroatoms. The van der Waals surface area contributed by atoms with E-state index in [-0.39, 0.29) is 11.9 Å². The lowest BCUT2D eigenvalue weighted by atomic mass is 9.97. The highest BCUT2D eigenvalue weighted by molar-refractivity contribution is 5.76. The molecule has 144 valence electrons. The van der Waals surface area contributed by atoms with Gasteiger partial charge in [0, 0.05) is 6.42 Å². The van der Waals surface area contributed by atoms with Crippen molar-refractivity contribution < 1.29 is 14.3 Å². The van der Waals surface area contributed by atoms with Crippen LogP contribution in [-0.4, -0.2) is 20.1 Å². The number of methoxy groups -OCH3 is 2. The van der Waals surface area contributed by atoms with Gasteiger partial charge in [-0.2, -0.15) is 0 Å². The van der Waals surface area contributed by atoms with Gasteiger partial charge in [-0.3, -0.25) is 4.79 Å². The van der Waals surface area contributed by atoms with Crippen molar-refractivity contribution in [2.24, 2.45) is 5.92 Å². The highest BCUT2D eigenvalue weighted by atomic mass is 16.5. The van der Waals surface area contributed by atoms with E-state index in [1.807, 2.05) is 36.4 Å². The highest BCUT2D eigenvalue weighted by Crippen LogP contribution is 2.28. The molecule has 4 nitrogen and oxygen atoms in total. The van der Waals surface area contributed by atoms with Crippen molar-refractivity contribution in [2.75, 3.05) is 14.2 Å². The Morgan fingerprint density at radius 1 is 0.963 bits per heavy atom. The van der Waals surface area contributed by atoms with Gasteiger partial charge in [0.2, 0.25) is 5.91 Å². The summed E-state index contributed by atoms with van der Waals surface area (Å²) in [6.45, 7) is 0. The Balaban J connectivity index is 1.72. The van der Waals surface area contributed by atoms with Crippen LogP contribution in [0.3, 0.4) is 0 Å². The Labute approximate surface area is 161 Å². The number of carbonyl (C=O) groups excluding carboxylic acids is 1. The molecule has 3 rings (SSSR count). The summed E-state index contributed by atoms with van der Waals surface area (Å²) in [4.78, 5) is 12.6. The second-order valence-corrected chi connectivity index (χ2v) is 7.30. The molecule has 0 unspecified atom stereocenters. The Kier molecular flexibility index (Phi) is 6.74. The summed E-state index contributed by atoms with van der Waals surface area (Å²) in [6, 6.07) is 15.9. The second kappa shape index (κ2) is 9.45. The van der Waals surface area contributed by atoms with Crippen LogP contribution >= 0.6 is 0 Å². The van der Waals surface area contributed by atoms with Crippen LogP contribution in [0.15, 0.2) is 48.5 Å². The van der Waals surface area contributed by atoms with E-state index in [9.17, 15) is 4.79 Å². The molecule has 27 heavy (non-hydrogen) atoms. The van der Waals surface area contributed by atoms with E-state index >= 15 is 0 Å². The summed E-state index contributed by atoms with van der Waals surface area (Å²) in [5.74, 6) is 2.35. The van der Waals surface area contributed by atoms with Gasteiger partial charge in [0.05, 0.1) is 20.3 Å². The highest BCUT2D eigenvalue weighted by Gasteiger charge is 2.21. The molecule has 1 fully saturated rings. The maximum Gasteiger partial charge on any atom is 0.220 e. The van der Waals surface area contributed by atoms with Crippen LogP contribution in [0.25, 0.3) is 0 Å². The average molecular weight is 367 g/mol. The summed E-state index contributed by atoms with van der Waals surface area (Å²) < 4.78 is 10.5. The second-order valence-electron chi connectivity index (χ2n) is 7.30. The minimum atomic E-state index is -0.0572. The summed E-state index contributed by atoms with van der Waals surface area (Å²) in [7, 11) is 3.33. The number of hydrogen-bond donors (Lipinski definition) is 1. The van der Waals surface area contributed by atoms with Crippen molar-refractivity contribution in [3.05, 3.63) is 59.7 Å². The van der Waals surface area contributed by atoms with E-state index in [0.717, 1.165) is 29.0 Å². The Morgan fingerprint density at radius 2 is 1.52 bits per heavy atom. The Hall–Kier alpha value is -2.49. The zero-order chi connectivity index (χ0) is 19.1. The van der Waals surface area contributed by atoms with Crippen LogP contribution in [0.2, 0.25) is 0 Å². The third-order valence-corrected chi connectivity index (χ3v) is 5.40. The van der Waals surface area contributed by atoms with Crippen molar-refractivity contribution in [1.82, 2.24) is 5.32 Å². The van der Waals surface area contributed by atoms with E-state index in [0.29, 0.717) is 12.3 Å². The van der Waals surface area contributed by atoms with E-state index < -0.39 is 0 Å². The van der Waals surface area contributed by atoms with Gasteiger partial charge in [-0.15, -0.1) is 0 Å². The number of amides is 1. The molecular weight excluding hydrogens is 338 g/mol. The first-order chi connectivity index (χ1) is 13.2. The monoisotopic (exact) mass is 367 g/mol. The van der Waals surface area contributed by atoms with Gasteiger partial charge in [-0.1, -0.05) is 37.1 Å². The molecule has 0 heterocycles. The standard InChI is InChI=1S/C23H29NO3/c1-26-20-11-7-18(8-12-20)15-22(19-9-13-21(27-2)14-10-19)24-23(25)16-17-5-3-4-6-17/h7-14,17,22H,3-6,15-16H2,1-2H3,(H,24,25)/t22-/m1/s1. The molecule has 1 aliphatic carbocycles. The number of rotatable bonds is 8. The van der Waals surface area contributed by atoms with Crippen molar-refractivity contribution in [3.8, 4) is 11.5 Å². The van der Waals surface area contributed by atoms with Crippen LogP contribution in [-0.2, 0) is 11.2 Å². The average Bonchev–Trinajstić information content (AvgIpc) is 3.21. The van der Waals surface area contributed by atoms with E-state index in [1.54, 1.807) is 14.2 Å². The first kappa shape index (κ1) is 19.3. The maximum atomic E-state index is 12.6. The van der Waals surface area contributed by atoms with Gasteiger partial charge in [0.15, 0.2) is 0 Å². The summed E-state index contributed by atoms with van der Waals surface area (Å²) >= 11 is 0. The summed E-state index contributed by atoms with van der Waals surface area (Å²) in [5.41, 5.74) is 2.25. The molecule has 0 aliphatic heterocycles. The molecule has 1 atom stereocenters. The molecule has 0 spiro atoms. The zero-order valence-electron chi connectivity index (χ0n) is 16.2. The number of nitrogens with one attached hydrogen (secondary N) is 1. The number of ether oxygens (including phenoxy) is 2. The normalized spacial score (nSPS) is 15.3. The molecule has 0 radical (unpaired) electrons. The predicted octanol–water partition coefficient (Wildman–Crippen LogP) is 4.68. The molecule has 1 N–H and O–H groups in total.